The molecular weight excluding hydrogens is 529 g/mol. The number of hydrazone groups is 1. The molecule has 202 valence electrons. The lowest BCUT2D eigenvalue weighted by Crippen LogP contribution is -2.21. The fourth-order valence-electron chi connectivity index (χ4n) is 3.66. The van der Waals surface area contributed by atoms with E-state index in [1.54, 1.807) is 25.1 Å². The number of hydrogen-bond donors (Lipinski definition) is 2. The number of rotatable bonds is 8. The molecular formula is C27H26F3N6O2S+. The highest BCUT2D eigenvalue weighted by Gasteiger charge is 2.31. The van der Waals surface area contributed by atoms with Gasteiger partial charge in [-0.2, -0.15) is 0 Å². The highest BCUT2D eigenvalue weighted by Crippen LogP contribution is 2.27. The van der Waals surface area contributed by atoms with Gasteiger partial charge in [-0.3, -0.25) is 0 Å². The summed E-state index contributed by atoms with van der Waals surface area (Å²) in [6.07, 6.45) is -1.79. The Hall–Kier alpha value is -4.32. The Morgan fingerprint density at radius 2 is 1.77 bits per heavy atom. The Balaban J connectivity index is 1.35. The van der Waals surface area contributed by atoms with E-state index in [1.807, 2.05) is 42.5 Å². The number of hydrogen-bond acceptors (Lipinski definition) is 6. The van der Waals surface area contributed by atoms with Gasteiger partial charge in [0.25, 0.3) is 0 Å². The van der Waals surface area contributed by atoms with Crippen LogP contribution in [-0.4, -0.2) is 53.9 Å². The fraction of sp³-hybridized carbons (Fsp3) is 0.185. The number of nitrogens with one attached hydrogen (secondary N) is 1. The number of benzene rings is 3. The van der Waals surface area contributed by atoms with Gasteiger partial charge in [-0.05, 0) is 72.3 Å². The molecule has 0 saturated carbocycles. The van der Waals surface area contributed by atoms with Crippen LogP contribution in [-0.2, 0) is 0 Å². The minimum Gasteiger partial charge on any atom is -0.497 e. The van der Waals surface area contributed by atoms with E-state index in [-0.39, 0.29) is 11.6 Å². The third-order valence-corrected chi connectivity index (χ3v) is 6.52. The van der Waals surface area contributed by atoms with E-state index in [4.69, 9.17) is 10.5 Å². The first-order valence-corrected chi connectivity index (χ1v) is 12.7. The van der Waals surface area contributed by atoms with Gasteiger partial charge < -0.3 is 15.2 Å². The van der Waals surface area contributed by atoms with E-state index in [9.17, 15) is 13.2 Å². The van der Waals surface area contributed by atoms with Gasteiger partial charge in [0.15, 0.2) is 0 Å². The summed E-state index contributed by atoms with van der Waals surface area (Å²) >= 11 is 1.70. The molecule has 1 heterocycles. The fourth-order valence-corrected chi connectivity index (χ4v) is 4.59. The molecule has 0 amide bonds. The minimum absolute atomic E-state index is 0.237. The van der Waals surface area contributed by atoms with Crippen LogP contribution >= 0.6 is 11.8 Å². The van der Waals surface area contributed by atoms with Crippen molar-refractivity contribution in [2.45, 2.75) is 13.3 Å². The van der Waals surface area contributed by atoms with Crippen molar-refractivity contribution in [3.63, 3.8) is 0 Å². The van der Waals surface area contributed by atoms with Crippen molar-refractivity contribution in [3.8, 4) is 11.5 Å². The Morgan fingerprint density at radius 1 is 1.05 bits per heavy atom. The number of methoxy groups -OCH3 is 1. The van der Waals surface area contributed by atoms with Gasteiger partial charge in [-0.15, -0.1) is 18.6 Å². The molecule has 0 saturated heterocycles. The lowest BCUT2D eigenvalue weighted by molar-refractivity contribution is -0.431. The Morgan fingerprint density at radius 3 is 2.44 bits per heavy atom. The van der Waals surface area contributed by atoms with E-state index in [0.717, 1.165) is 40.0 Å². The summed E-state index contributed by atoms with van der Waals surface area (Å²) in [6, 6.07) is 18.4. The van der Waals surface area contributed by atoms with Crippen LogP contribution < -0.4 is 20.6 Å². The molecule has 0 fully saturated rings. The van der Waals surface area contributed by atoms with E-state index in [0.29, 0.717) is 11.3 Å². The molecule has 3 N–H and O–H groups in total. The van der Waals surface area contributed by atoms with Gasteiger partial charge in [0, 0.05) is 11.3 Å². The zero-order chi connectivity index (χ0) is 27.8. The lowest BCUT2D eigenvalue weighted by atomic mass is 10.1. The van der Waals surface area contributed by atoms with Gasteiger partial charge in [0.1, 0.15) is 35.9 Å². The number of nitrogens with two attached hydrogens (primary N) is 1. The van der Waals surface area contributed by atoms with Gasteiger partial charge >= 0.3 is 11.5 Å². The van der Waals surface area contributed by atoms with Gasteiger partial charge in [-0.25, -0.2) is 14.6 Å². The van der Waals surface area contributed by atoms with Crippen LogP contribution in [0.3, 0.4) is 0 Å². The molecule has 1 aliphatic rings. The number of alkyl halides is 3. The van der Waals surface area contributed by atoms with Crippen molar-refractivity contribution in [2.75, 3.05) is 19.4 Å². The van der Waals surface area contributed by atoms with Crippen LogP contribution in [0.15, 0.2) is 81.8 Å². The SMILES string of the molecule is COc1ccc([N+]2=C(N/N=C/c3ccc(C(N)=NC=Nc4ccc(OC(F)(F)F)cc4)cc3)SCC2)c(C)c1. The van der Waals surface area contributed by atoms with E-state index in [2.05, 4.69) is 36.7 Å². The number of aryl methyl sites for hydroxylation is 1. The quantitative estimate of drug-likeness (QED) is 0.169. The van der Waals surface area contributed by atoms with Crippen LogP contribution in [0, 0.1) is 6.92 Å². The maximum atomic E-state index is 12.2. The maximum absolute atomic E-state index is 12.2. The van der Waals surface area contributed by atoms with Crippen LogP contribution in [0.5, 0.6) is 11.5 Å². The average Bonchev–Trinajstić information content (AvgIpc) is 3.37. The topological polar surface area (TPSA) is 96.6 Å². The minimum atomic E-state index is -4.74. The Bertz CT molecular complexity index is 1420. The number of halogens is 3. The van der Waals surface area contributed by atoms with Crippen molar-refractivity contribution in [1.82, 2.24) is 5.43 Å². The van der Waals surface area contributed by atoms with E-state index in [1.165, 1.54) is 30.6 Å². The first-order chi connectivity index (χ1) is 18.7. The van der Waals surface area contributed by atoms with Gasteiger partial charge in [-0.1, -0.05) is 29.4 Å². The molecule has 0 aromatic heterocycles. The number of nitrogens with zero attached hydrogens (tertiary/aromatic N) is 4. The van der Waals surface area contributed by atoms with Crippen molar-refractivity contribution in [1.29, 1.82) is 0 Å². The van der Waals surface area contributed by atoms with Gasteiger partial charge in [0.2, 0.25) is 0 Å². The first-order valence-electron chi connectivity index (χ1n) is 11.7. The molecule has 1 aliphatic heterocycles. The molecule has 3 aromatic carbocycles. The largest absolute Gasteiger partial charge is 0.573 e. The third-order valence-electron chi connectivity index (χ3n) is 5.55. The summed E-state index contributed by atoms with van der Waals surface area (Å²) in [5.74, 6) is 1.69. The summed E-state index contributed by atoms with van der Waals surface area (Å²) in [5, 5.41) is 5.35. The molecule has 0 radical (unpaired) electrons. The normalized spacial score (nSPS) is 14.4. The monoisotopic (exact) mass is 555 g/mol. The molecule has 8 nitrogen and oxygen atoms in total. The molecule has 0 atom stereocenters. The second kappa shape index (κ2) is 12.5. The summed E-state index contributed by atoms with van der Waals surface area (Å²) in [7, 11) is 1.66. The predicted octanol–water partition coefficient (Wildman–Crippen LogP) is 5.34. The number of amidine groups is 2. The summed E-state index contributed by atoms with van der Waals surface area (Å²) in [5.41, 5.74) is 13.4. The molecule has 4 rings (SSSR count). The summed E-state index contributed by atoms with van der Waals surface area (Å²) < 4.78 is 48.1. The second-order valence-corrected chi connectivity index (χ2v) is 9.33. The predicted molar refractivity (Wildman–Crippen MR) is 149 cm³/mol. The zero-order valence-corrected chi connectivity index (χ0v) is 22.0. The van der Waals surface area contributed by atoms with Crippen molar-refractivity contribution in [2.24, 2.45) is 20.8 Å². The smallest absolute Gasteiger partial charge is 0.497 e. The number of ether oxygens (including phenoxy) is 2. The Labute approximate surface area is 227 Å². The summed E-state index contributed by atoms with van der Waals surface area (Å²) in [6.45, 7) is 2.93. The molecule has 39 heavy (non-hydrogen) atoms. The molecule has 0 unspecified atom stereocenters. The van der Waals surface area contributed by atoms with Crippen LogP contribution in [0.25, 0.3) is 0 Å². The number of aliphatic imine (C=N–C) groups is 2. The van der Waals surface area contributed by atoms with Crippen molar-refractivity contribution in [3.05, 3.63) is 83.4 Å². The van der Waals surface area contributed by atoms with Crippen LogP contribution in [0.1, 0.15) is 16.7 Å². The van der Waals surface area contributed by atoms with Crippen LogP contribution in [0.2, 0.25) is 0 Å². The van der Waals surface area contributed by atoms with E-state index < -0.39 is 6.36 Å². The molecule has 12 heteroatoms. The zero-order valence-electron chi connectivity index (χ0n) is 21.1. The maximum Gasteiger partial charge on any atom is 0.573 e. The van der Waals surface area contributed by atoms with Crippen LogP contribution in [0.4, 0.5) is 24.5 Å². The van der Waals surface area contributed by atoms with Gasteiger partial charge in [0.05, 0.1) is 19.0 Å². The molecule has 3 aromatic rings. The average molecular weight is 556 g/mol. The second-order valence-electron chi connectivity index (χ2n) is 8.25. The molecule has 0 spiro atoms. The van der Waals surface area contributed by atoms with E-state index >= 15 is 0 Å². The van der Waals surface area contributed by atoms with Crippen molar-refractivity contribution < 1.29 is 27.2 Å². The highest BCUT2D eigenvalue weighted by molar-refractivity contribution is 8.13. The Kier molecular flexibility index (Phi) is 8.87. The third kappa shape index (κ3) is 7.84. The first kappa shape index (κ1) is 27.7. The van der Waals surface area contributed by atoms with Crippen molar-refractivity contribution >= 4 is 46.7 Å². The lowest BCUT2D eigenvalue weighted by Gasteiger charge is -2.08. The molecule has 0 aliphatic carbocycles. The highest BCUT2D eigenvalue weighted by atomic mass is 32.2. The number of thioether (sulfide) groups is 1. The summed E-state index contributed by atoms with van der Waals surface area (Å²) in [4.78, 5) is 8.17. The standard InChI is InChI=1S/C27H25F3N6O2S/c1-18-15-23(37-2)11-12-24(18)36-13-14-39-26(36)35-34-16-19-3-5-20(6-4-19)25(31)33-17-32-21-7-9-22(10-8-21)38-27(28,29)30/h3-12,15-17H,13-14H2,1-2H3,(H2,31,32,33)/p+1/b34-16+. The molecule has 0 bridgehead atoms.